The molecule has 6 rings (SSSR count). The van der Waals surface area contributed by atoms with Crippen LogP contribution in [0.5, 0.6) is 0 Å². The zero-order chi connectivity index (χ0) is 21.5. The zero-order valence-electron chi connectivity index (χ0n) is 18.1. The van der Waals surface area contributed by atoms with Gasteiger partial charge in [0.2, 0.25) is 5.36 Å². The van der Waals surface area contributed by atoms with Crippen LogP contribution in [0.3, 0.4) is 0 Å². The topological polar surface area (TPSA) is 43.5 Å². The van der Waals surface area contributed by atoms with Crippen molar-refractivity contribution in [3.8, 4) is 0 Å². The second-order valence-electron chi connectivity index (χ2n) is 9.11. The van der Waals surface area contributed by atoms with E-state index in [1.165, 1.54) is 16.7 Å². The van der Waals surface area contributed by atoms with Crippen molar-refractivity contribution in [2.75, 3.05) is 32.1 Å². The minimum atomic E-state index is -3.73. The normalized spacial score (nSPS) is 21.1. The van der Waals surface area contributed by atoms with Gasteiger partial charge in [-0.3, -0.25) is 4.57 Å². The standard InChI is InChI=1S/C26H25N2O2P/c1-16-6-4-5-7-19(16)26-20-12-17-8-10-27(2)22(17)14-24(20)31(29,30)25-15-23-18(13-21(25)26)9-11-28(23)3/h4-7,12-15H,8-11H2,1-3H3/p+1. The molecule has 0 bridgehead atoms. The Morgan fingerprint density at radius 3 is 2.61 bits per heavy atom. The Morgan fingerprint density at radius 1 is 1.00 bits per heavy atom. The maximum atomic E-state index is 14.1. The summed E-state index contributed by atoms with van der Waals surface area (Å²) in [6.07, 6.45) is 1.94. The maximum Gasteiger partial charge on any atom is 0.260 e. The first-order chi connectivity index (χ1) is 14.9. The fourth-order valence-corrected chi connectivity index (χ4v) is 7.35. The first-order valence-electron chi connectivity index (χ1n) is 10.9. The van der Waals surface area contributed by atoms with Crippen LogP contribution in [0.4, 0.5) is 5.69 Å². The summed E-state index contributed by atoms with van der Waals surface area (Å²) in [4.78, 5) is 13.7. The smallest absolute Gasteiger partial charge is 0.260 e. The number of likely N-dealkylation sites (N-methyl/N-ethyl adjacent to an activating group) is 2. The lowest BCUT2D eigenvalue weighted by atomic mass is 9.90. The van der Waals surface area contributed by atoms with Crippen LogP contribution >= 0.6 is 7.37 Å². The lowest BCUT2D eigenvalue weighted by Crippen LogP contribution is -2.41. The van der Waals surface area contributed by atoms with Crippen molar-refractivity contribution in [3.63, 3.8) is 0 Å². The fraction of sp³-hybridized carbons (Fsp3) is 0.269. The molecule has 4 nitrogen and oxygen atoms in total. The van der Waals surface area contributed by atoms with Crippen molar-refractivity contribution in [2.24, 2.45) is 0 Å². The molecule has 3 aromatic carbocycles. The van der Waals surface area contributed by atoms with E-state index in [0.717, 1.165) is 58.9 Å². The Kier molecular flexibility index (Phi) is 3.94. The number of hydrogen-bond acceptors (Lipinski definition) is 2. The average Bonchev–Trinajstić information content (AvgIpc) is 3.30. The van der Waals surface area contributed by atoms with Gasteiger partial charge in [-0.25, -0.2) is 4.58 Å². The number of hydrogen-bond donors (Lipinski definition) is 1. The van der Waals surface area contributed by atoms with E-state index in [1.54, 1.807) is 0 Å². The van der Waals surface area contributed by atoms with Crippen molar-refractivity contribution in [3.05, 3.63) is 86.9 Å². The van der Waals surface area contributed by atoms with Crippen molar-refractivity contribution in [1.29, 1.82) is 0 Å². The number of aryl methyl sites for hydroxylation is 1. The van der Waals surface area contributed by atoms with Gasteiger partial charge in [0, 0.05) is 37.3 Å². The molecule has 3 aliphatic rings. The van der Waals surface area contributed by atoms with Crippen molar-refractivity contribution in [2.45, 2.75) is 19.8 Å². The highest BCUT2D eigenvalue weighted by atomic mass is 31.2. The molecule has 0 saturated heterocycles. The quantitative estimate of drug-likeness (QED) is 0.471. The fourth-order valence-electron chi connectivity index (χ4n) is 5.49. The summed E-state index contributed by atoms with van der Waals surface area (Å²) in [5.41, 5.74) is 7.94. The summed E-state index contributed by atoms with van der Waals surface area (Å²) in [6.45, 7) is 4.01. The molecule has 0 amide bonds. The largest absolute Gasteiger partial charge is 0.374 e. The molecule has 1 atom stereocenters. The summed E-state index contributed by atoms with van der Waals surface area (Å²) < 4.78 is 16.2. The van der Waals surface area contributed by atoms with Gasteiger partial charge in [0.1, 0.15) is 13.6 Å². The molecule has 5 heteroatoms. The molecular weight excluding hydrogens is 403 g/mol. The maximum absolute atomic E-state index is 14.1. The highest BCUT2D eigenvalue weighted by Crippen LogP contribution is 2.45. The molecule has 3 heterocycles. The third-order valence-corrected chi connectivity index (χ3v) is 9.30. The molecule has 1 N–H and O–H groups in total. The number of nitrogens with zero attached hydrogens (tertiary/aromatic N) is 2. The first-order valence-corrected chi connectivity index (χ1v) is 12.6. The van der Waals surface area contributed by atoms with Crippen molar-refractivity contribution >= 4 is 29.2 Å². The van der Waals surface area contributed by atoms with Gasteiger partial charge in [0.25, 0.3) is 7.37 Å². The van der Waals surface area contributed by atoms with Crippen LogP contribution in [0.1, 0.15) is 27.8 Å². The predicted molar refractivity (Wildman–Crippen MR) is 127 cm³/mol. The molecule has 0 saturated carbocycles. The molecule has 31 heavy (non-hydrogen) atoms. The summed E-state index contributed by atoms with van der Waals surface area (Å²) in [6, 6.07) is 16.7. The van der Waals surface area contributed by atoms with E-state index in [4.69, 9.17) is 0 Å². The van der Waals surface area contributed by atoms with Gasteiger partial charge in [0.05, 0.1) is 10.6 Å². The first kappa shape index (κ1) is 19.0. The number of benzene rings is 3. The molecule has 1 unspecified atom stereocenters. The highest BCUT2D eigenvalue weighted by Gasteiger charge is 2.38. The van der Waals surface area contributed by atoms with Gasteiger partial charge in [-0.05, 0) is 64.6 Å². The van der Waals surface area contributed by atoms with Crippen LogP contribution in [-0.4, -0.2) is 32.1 Å². The summed E-state index contributed by atoms with van der Waals surface area (Å²) in [7, 11) is 0.390. The predicted octanol–water partition coefficient (Wildman–Crippen LogP) is 1.45. The van der Waals surface area contributed by atoms with Crippen LogP contribution < -0.4 is 30.7 Å². The van der Waals surface area contributed by atoms with E-state index < -0.39 is 7.37 Å². The molecule has 3 aromatic rings. The van der Waals surface area contributed by atoms with Crippen LogP contribution in [0.25, 0.3) is 5.57 Å². The molecule has 156 valence electrons. The monoisotopic (exact) mass is 429 g/mol. The van der Waals surface area contributed by atoms with Crippen LogP contribution in [0, 0.1) is 6.92 Å². The van der Waals surface area contributed by atoms with E-state index in [-0.39, 0.29) is 0 Å². The Bertz CT molecular complexity index is 1470. The van der Waals surface area contributed by atoms with E-state index in [2.05, 4.69) is 66.9 Å². The lowest BCUT2D eigenvalue weighted by Gasteiger charge is -2.27. The Balaban J connectivity index is 1.82. The third-order valence-electron chi connectivity index (χ3n) is 7.26. The number of anilines is 1. The van der Waals surface area contributed by atoms with E-state index in [9.17, 15) is 9.46 Å². The second kappa shape index (κ2) is 6.41. The van der Waals surface area contributed by atoms with Crippen LogP contribution in [0.2, 0.25) is 0 Å². The minimum absolute atomic E-state index is 0.575. The van der Waals surface area contributed by atoms with Gasteiger partial charge in [0.15, 0.2) is 0 Å². The highest BCUT2D eigenvalue weighted by molar-refractivity contribution is 7.73. The van der Waals surface area contributed by atoms with E-state index in [1.807, 2.05) is 12.1 Å². The molecule has 0 spiro atoms. The number of fused-ring (bicyclic) bond motifs is 4. The molecule has 0 fully saturated rings. The molecule has 0 aliphatic carbocycles. The van der Waals surface area contributed by atoms with Gasteiger partial charge in [-0.15, -0.1) is 0 Å². The van der Waals surface area contributed by atoms with Gasteiger partial charge in [-0.1, -0.05) is 24.3 Å². The SMILES string of the molecule is Cc1ccccc1C1=c2cc3c(cc2P(=O)(O)c2cc4c(cc21)CCN4C)=[N+](C)CC3. The zero-order valence-corrected chi connectivity index (χ0v) is 19.0. The number of rotatable bonds is 1. The van der Waals surface area contributed by atoms with Gasteiger partial charge < -0.3 is 9.79 Å². The summed E-state index contributed by atoms with van der Waals surface area (Å²) in [5.74, 6) is 0. The van der Waals surface area contributed by atoms with Gasteiger partial charge >= 0.3 is 0 Å². The molecule has 0 aromatic heterocycles. The minimum Gasteiger partial charge on any atom is -0.374 e. The molecule has 3 aliphatic heterocycles. The summed E-state index contributed by atoms with van der Waals surface area (Å²) in [5, 5.41) is 3.16. The Hall–Kier alpha value is -2.68. The lowest BCUT2D eigenvalue weighted by molar-refractivity contribution is 0.500. The van der Waals surface area contributed by atoms with Gasteiger partial charge in [-0.2, -0.15) is 0 Å². The van der Waals surface area contributed by atoms with Crippen molar-refractivity contribution < 1.29 is 9.46 Å². The van der Waals surface area contributed by atoms with Crippen LogP contribution in [-0.2, 0) is 17.4 Å². The van der Waals surface area contributed by atoms with Crippen LogP contribution in [0.15, 0.2) is 48.5 Å². The Morgan fingerprint density at radius 2 is 1.81 bits per heavy atom. The molecule has 0 radical (unpaired) electrons. The Labute approximate surface area is 182 Å². The average molecular weight is 429 g/mol. The second-order valence-corrected chi connectivity index (χ2v) is 11.2. The van der Waals surface area contributed by atoms with Crippen molar-refractivity contribution in [1.82, 2.24) is 4.58 Å². The van der Waals surface area contributed by atoms with E-state index in [0.29, 0.717) is 10.6 Å². The van der Waals surface area contributed by atoms with E-state index >= 15 is 0 Å². The molecular formula is C26H26N2O2P+. The summed E-state index contributed by atoms with van der Waals surface area (Å²) >= 11 is 0. The third kappa shape index (κ3) is 2.58.